The maximum Gasteiger partial charge on any atom is 0.258 e. The molecule has 0 radical (unpaired) electrons. The Morgan fingerprint density at radius 3 is 2.11 bits per heavy atom. The summed E-state index contributed by atoms with van der Waals surface area (Å²) in [5.74, 6) is 0.484. The summed E-state index contributed by atoms with van der Waals surface area (Å²) in [6, 6.07) is 25.6. The number of rotatable bonds is 11. The number of halogens is 1. The van der Waals surface area contributed by atoms with Gasteiger partial charge in [-0.25, -0.2) is 12.8 Å². The van der Waals surface area contributed by atoms with Crippen LogP contribution in [0.2, 0.25) is 0 Å². The first-order valence-corrected chi connectivity index (χ1v) is 17.8. The summed E-state index contributed by atoms with van der Waals surface area (Å²) in [6.07, 6.45) is 4.38. The summed E-state index contributed by atoms with van der Waals surface area (Å²) in [7, 11) is -4.72. The number of hydrogen-bond acceptors (Lipinski definition) is 7. The molecule has 4 aromatic carbocycles. The standard InChI is InChI=1S/C33H35FN4O5S2/c1-44(40)31-5-3-4-30(32(31)33(39)36-25-10-8-24(34)9-11-25)35-26-18-20-38(21-19-26)22-23-6-14-28(15-7-23)43-29-16-12-27(13-17-29)37-45(2,41)42/h3-17,26,35,37H,18-22H2,1-2H3,(H,36,39). The van der Waals surface area contributed by atoms with E-state index in [0.29, 0.717) is 39.0 Å². The molecule has 5 rings (SSSR count). The third-order valence-corrected chi connectivity index (χ3v) is 8.90. The maximum atomic E-state index is 13.3. The summed E-state index contributed by atoms with van der Waals surface area (Å²) in [6.45, 7) is 2.51. The number of ether oxygens (including phenoxy) is 1. The largest absolute Gasteiger partial charge is 0.457 e. The minimum atomic E-state index is -3.34. The van der Waals surface area contributed by atoms with Gasteiger partial charge in [0.2, 0.25) is 10.0 Å². The van der Waals surface area contributed by atoms with Gasteiger partial charge < -0.3 is 15.4 Å². The molecule has 236 valence electrons. The van der Waals surface area contributed by atoms with Crippen molar-refractivity contribution in [1.82, 2.24) is 4.90 Å². The van der Waals surface area contributed by atoms with E-state index in [-0.39, 0.29) is 6.04 Å². The number of carbonyl (C=O) groups excluding carboxylic acids is 1. The zero-order valence-corrected chi connectivity index (χ0v) is 26.6. The molecule has 45 heavy (non-hydrogen) atoms. The number of nitrogens with zero attached hydrogens (tertiary/aromatic N) is 1. The summed E-state index contributed by atoms with van der Waals surface area (Å²) in [5.41, 5.74) is 3.03. The highest BCUT2D eigenvalue weighted by atomic mass is 32.2. The number of likely N-dealkylation sites (tertiary alicyclic amines) is 1. The van der Waals surface area contributed by atoms with Gasteiger partial charge in [-0.05, 0) is 91.2 Å². The summed E-state index contributed by atoms with van der Waals surface area (Å²) in [5, 5.41) is 6.32. The van der Waals surface area contributed by atoms with Crippen LogP contribution in [0.25, 0.3) is 0 Å². The molecule has 9 nitrogen and oxygen atoms in total. The molecule has 0 aromatic heterocycles. The Morgan fingerprint density at radius 2 is 1.51 bits per heavy atom. The molecular formula is C33H35FN4O5S2. The Bertz CT molecular complexity index is 1760. The normalized spacial score (nSPS) is 14.8. The molecular weight excluding hydrogens is 616 g/mol. The van der Waals surface area contributed by atoms with Gasteiger partial charge in [-0.3, -0.25) is 18.6 Å². The first kappa shape index (κ1) is 32.1. The van der Waals surface area contributed by atoms with Gasteiger partial charge in [0.15, 0.2) is 0 Å². The molecule has 1 heterocycles. The van der Waals surface area contributed by atoms with Gasteiger partial charge in [-0.2, -0.15) is 0 Å². The second-order valence-corrected chi connectivity index (χ2v) is 14.0. The Balaban J connectivity index is 1.15. The molecule has 1 aliphatic rings. The molecule has 3 N–H and O–H groups in total. The highest BCUT2D eigenvalue weighted by Crippen LogP contribution is 2.28. The van der Waals surface area contributed by atoms with E-state index in [1.54, 1.807) is 42.7 Å². The van der Waals surface area contributed by atoms with Gasteiger partial charge in [0.05, 0.1) is 27.5 Å². The third-order valence-electron chi connectivity index (χ3n) is 7.34. The smallest absolute Gasteiger partial charge is 0.258 e. The average molecular weight is 651 g/mol. The molecule has 1 amide bonds. The lowest BCUT2D eigenvalue weighted by Gasteiger charge is -2.33. The monoisotopic (exact) mass is 650 g/mol. The molecule has 0 bridgehead atoms. The van der Waals surface area contributed by atoms with E-state index in [2.05, 4.69) is 20.3 Å². The minimum Gasteiger partial charge on any atom is -0.457 e. The van der Waals surface area contributed by atoms with Crippen molar-refractivity contribution in [3.63, 3.8) is 0 Å². The van der Waals surface area contributed by atoms with Crippen LogP contribution < -0.4 is 20.1 Å². The van der Waals surface area contributed by atoms with E-state index in [4.69, 9.17) is 4.74 Å². The van der Waals surface area contributed by atoms with E-state index in [0.717, 1.165) is 44.3 Å². The van der Waals surface area contributed by atoms with E-state index in [1.807, 2.05) is 30.3 Å². The van der Waals surface area contributed by atoms with Crippen molar-refractivity contribution >= 4 is 43.8 Å². The molecule has 0 aliphatic carbocycles. The topological polar surface area (TPSA) is 117 Å². The zero-order chi connectivity index (χ0) is 32.0. The van der Waals surface area contributed by atoms with Gasteiger partial charge >= 0.3 is 0 Å². The number of benzene rings is 4. The number of carbonyl (C=O) groups is 1. The van der Waals surface area contributed by atoms with E-state index in [9.17, 15) is 21.8 Å². The number of nitrogens with one attached hydrogen (secondary N) is 3. The predicted molar refractivity (Wildman–Crippen MR) is 176 cm³/mol. The maximum absolute atomic E-state index is 13.3. The fraction of sp³-hybridized carbons (Fsp3) is 0.242. The SMILES string of the molecule is CS(=O)c1cccc(NC2CCN(Cc3ccc(Oc4ccc(NS(C)(=O)=O)cc4)cc3)CC2)c1C(=O)Nc1ccc(F)cc1. The lowest BCUT2D eigenvalue weighted by Crippen LogP contribution is -2.39. The first-order valence-electron chi connectivity index (χ1n) is 14.4. The van der Waals surface area contributed by atoms with E-state index in [1.165, 1.54) is 24.3 Å². The van der Waals surface area contributed by atoms with Gasteiger partial charge in [0.1, 0.15) is 17.3 Å². The number of amides is 1. The summed E-state index contributed by atoms with van der Waals surface area (Å²) < 4.78 is 57.0. The van der Waals surface area contributed by atoms with Crippen molar-refractivity contribution in [3.8, 4) is 11.5 Å². The fourth-order valence-corrected chi connectivity index (χ4v) is 6.49. The number of hydrogen-bond donors (Lipinski definition) is 3. The van der Waals surface area contributed by atoms with Gasteiger partial charge in [-0.1, -0.05) is 18.2 Å². The summed E-state index contributed by atoms with van der Waals surface area (Å²) in [4.78, 5) is 16.1. The van der Waals surface area contributed by atoms with Crippen LogP contribution in [-0.4, -0.2) is 55.1 Å². The van der Waals surface area contributed by atoms with Crippen LogP contribution in [0.4, 0.5) is 21.5 Å². The molecule has 1 fully saturated rings. The molecule has 1 unspecified atom stereocenters. The molecule has 0 saturated carbocycles. The molecule has 12 heteroatoms. The van der Waals surface area contributed by atoms with Crippen LogP contribution in [-0.2, 0) is 27.4 Å². The highest BCUT2D eigenvalue weighted by molar-refractivity contribution is 7.92. The van der Waals surface area contributed by atoms with Crippen molar-refractivity contribution in [2.45, 2.75) is 30.3 Å². The second-order valence-electron chi connectivity index (χ2n) is 10.9. The Morgan fingerprint density at radius 1 is 0.911 bits per heavy atom. The lowest BCUT2D eigenvalue weighted by atomic mass is 10.0. The van der Waals surface area contributed by atoms with Gasteiger partial charge in [0.25, 0.3) is 5.91 Å². The number of sulfonamides is 1. The second kappa shape index (κ2) is 14.2. The van der Waals surface area contributed by atoms with E-state index < -0.39 is 32.5 Å². The van der Waals surface area contributed by atoms with E-state index >= 15 is 0 Å². The summed E-state index contributed by atoms with van der Waals surface area (Å²) >= 11 is 0. The van der Waals surface area contributed by atoms with Crippen LogP contribution in [0.15, 0.2) is 95.9 Å². The van der Waals surface area contributed by atoms with Crippen molar-refractivity contribution in [2.24, 2.45) is 0 Å². The van der Waals surface area contributed by atoms with Crippen LogP contribution in [0.1, 0.15) is 28.8 Å². The van der Waals surface area contributed by atoms with Crippen molar-refractivity contribution < 1.29 is 26.5 Å². The average Bonchev–Trinajstić information content (AvgIpc) is 3.00. The van der Waals surface area contributed by atoms with Crippen molar-refractivity contribution in [2.75, 3.05) is 41.0 Å². The Labute approximate surface area is 265 Å². The van der Waals surface area contributed by atoms with Crippen molar-refractivity contribution in [3.05, 3.63) is 108 Å². The predicted octanol–water partition coefficient (Wildman–Crippen LogP) is 6.06. The molecule has 1 saturated heterocycles. The quantitative estimate of drug-likeness (QED) is 0.181. The van der Waals surface area contributed by atoms with Crippen LogP contribution in [0.3, 0.4) is 0 Å². The lowest BCUT2D eigenvalue weighted by molar-refractivity contribution is 0.102. The van der Waals surface area contributed by atoms with Crippen LogP contribution in [0, 0.1) is 5.82 Å². The van der Waals surface area contributed by atoms with Crippen LogP contribution in [0.5, 0.6) is 11.5 Å². The molecule has 0 spiro atoms. The zero-order valence-electron chi connectivity index (χ0n) is 25.0. The molecule has 1 atom stereocenters. The van der Waals surface area contributed by atoms with Gasteiger partial charge in [0, 0.05) is 49.0 Å². The van der Waals surface area contributed by atoms with Crippen molar-refractivity contribution in [1.29, 1.82) is 0 Å². The molecule has 1 aliphatic heterocycles. The highest BCUT2D eigenvalue weighted by Gasteiger charge is 2.24. The Kier molecular flexibility index (Phi) is 10.2. The van der Waals surface area contributed by atoms with Gasteiger partial charge in [-0.15, -0.1) is 0 Å². The number of anilines is 3. The number of piperidine rings is 1. The molecule has 4 aromatic rings. The first-order chi connectivity index (χ1) is 21.5. The minimum absolute atomic E-state index is 0.133. The third kappa shape index (κ3) is 9.13. The Hall–Kier alpha value is -4.26. The van der Waals surface area contributed by atoms with Crippen LogP contribution >= 0.6 is 0 Å². The fourth-order valence-electron chi connectivity index (χ4n) is 5.17.